The molecule has 0 radical (unpaired) electrons. The molecule has 0 aliphatic heterocycles. The van der Waals surface area contributed by atoms with Gasteiger partial charge in [-0.25, -0.2) is 4.39 Å². The normalized spacial score (nSPS) is 25.1. The number of ketones is 1. The molecule has 0 fully saturated rings. The molecule has 3 nitrogen and oxygen atoms in total. The summed E-state index contributed by atoms with van der Waals surface area (Å²) in [6.45, 7) is 0. The third-order valence-electron chi connectivity index (χ3n) is 2.62. The summed E-state index contributed by atoms with van der Waals surface area (Å²) >= 11 is 0. The highest BCUT2D eigenvalue weighted by atomic mass is 19.1. The molecule has 0 amide bonds. The first kappa shape index (κ1) is 9.12. The predicted molar refractivity (Wildman–Crippen MR) is 48.9 cm³/mol. The Morgan fingerprint density at radius 1 is 1.36 bits per heavy atom. The van der Waals surface area contributed by atoms with Crippen molar-refractivity contribution in [3.8, 4) is 0 Å². The maximum absolute atomic E-state index is 13.4. The quantitative estimate of drug-likeness (QED) is 0.475. The smallest absolute Gasteiger partial charge is 0.185 e. The van der Waals surface area contributed by atoms with Crippen LogP contribution >= 0.6 is 0 Å². The van der Waals surface area contributed by atoms with Gasteiger partial charge in [0.1, 0.15) is 5.83 Å². The summed E-state index contributed by atoms with van der Waals surface area (Å²) in [7, 11) is 0. The molecule has 0 heterocycles. The largest absolute Gasteiger partial charge is 0.410 e. The van der Waals surface area contributed by atoms with Crippen LogP contribution in [0.15, 0.2) is 28.2 Å². The van der Waals surface area contributed by atoms with Gasteiger partial charge in [0, 0.05) is 12.0 Å². The van der Waals surface area contributed by atoms with Crippen molar-refractivity contribution < 1.29 is 14.4 Å². The highest BCUT2D eigenvalue weighted by Gasteiger charge is 2.30. The summed E-state index contributed by atoms with van der Waals surface area (Å²) in [4.78, 5) is 11.3. The van der Waals surface area contributed by atoms with Crippen molar-refractivity contribution in [3.63, 3.8) is 0 Å². The van der Waals surface area contributed by atoms with Gasteiger partial charge in [0.25, 0.3) is 0 Å². The minimum atomic E-state index is -0.424. The number of rotatable bonds is 0. The van der Waals surface area contributed by atoms with Crippen LogP contribution in [0.3, 0.4) is 0 Å². The number of allylic oxidation sites excluding steroid dienone is 4. The average Bonchev–Trinajstić information content (AvgIpc) is 2.19. The van der Waals surface area contributed by atoms with E-state index in [1.54, 1.807) is 0 Å². The second-order valence-electron chi connectivity index (χ2n) is 3.44. The van der Waals surface area contributed by atoms with Gasteiger partial charge in [0.2, 0.25) is 0 Å². The number of carbonyl (C=O) groups excluding carboxylic acids is 1. The molecule has 1 N–H and O–H groups in total. The molecule has 0 bridgehead atoms. The Bertz CT molecular complexity index is 380. The molecule has 0 spiro atoms. The molecule has 2 aliphatic carbocycles. The van der Waals surface area contributed by atoms with E-state index in [4.69, 9.17) is 5.21 Å². The van der Waals surface area contributed by atoms with E-state index in [1.807, 2.05) is 0 Å². The van der Waals surface area contributed by atoms with Gasteiger partial charge < -0.3 is 5.21 Å². The van der Waals surface area contributed by atoms with Crippen LogP contribution in [0.1, 0.15) is 25.7 Å². The first-order valence-electron chi connectivity index (χ1n) is 4.57. The topological polar surface area (TPSA) is 49.7 Å². The van der Waals surface area contributed by atoms with Crippen LogP contribution in [0.4, 0.5) is 4.39 Å². The SMILES string of the molecule is O=C1CCC2=C(C(F)=CCC2)/C1=N/O. The van der Waals surface area contributed by atoms with Gasteiger partial charge in [0.15, 0.2) is 11.5 Å². The molecule has 0 atom stereocenters. The zero-order chi connectivity index (χ0) is 10.1. The van der Waals surface area contributed by atoms with Crippen molar-refractivity contribution in [1.82, 2.24) is 0 Å². The number of carbonyl (C=O) groups is 1. The number of Topliss-reactive ketones (excluding diaryl/α,β-unsaturated/α-hetero) is 1. The van der Waals surface area contributed by atoms with E-state index in [0.717, 1.165) is 12.0 Å². The van der Waals surface area contributed by atoms with Crippen LogP contribution in [-0.4, -0.2) is 16.7 Å². The molecule has 0 saturated carbocycles. The Labute approximate surface area is 80.6 Å². The number of halogens is 1. The molecule has 0 saturated heterocycles. The van der Waals surface area contributed by atoms with Crippen molar-refractivity contribution in [3.05, 3.63) is 23.0 Å². The maximum atomic E-state index is 13.4. The summed E-state index contributed by atoms with van der Waals surface area (Å²) in [6, 6.07) is 0. The fourth-order valence-electron chi connectivity index (χ4n) is 1.93. The van der Waals surface area contributed by atoms with Crippen molar-refractivity contribution >= 4 is 11.5 Å². The van der Waals surface area contributed by atoms with Gasteiger partial charge in [-0.05, 0) is 25.3 Å². The lowest BCUT2D eigenvalue weighted by atomic mass is 9.83. The minimum absolute atomic E-state index is 0.111. The van der Waals surface area contributed by atoms with Crippen LogP contribution < -0.4 is 0 Å². The third-order valence-corrected chi connectivity index (χ3v) is 2.62. The van der Waals surface area contributed by atoms with Gasteiger partial charge in [-0.2, -0.15) is 0 Å². The average molecular weight is 195 g/mol. The molecule has 4 heteroatoms. The standard InChI is InChI=1S/C10H10FNO2/c11-7-3-1-2-6-4-5-8(13)10(12-14)9(6)7/h3,14H,1-2,4-5H2/b12-10+. The summed E-state index contributed by atoms with van der Waals surface area (Å²) in [5.41, 5.74) is 1.02. The van der Waals surface area contributed by atoms with Gasteiger partial charge in [-0.1, -0.05) is 10.7 Å². The van der Waals surface area contributed by atoms with Crippen LogP contribution in [0.2, 0.25) is 0 Å². The van der Waals surface area contributed by atoms with Crippen LogP contribution in [0.5, 0.6) is 0 Å². The second kappa shape index (κ2) is 3.36. The van der Waals surface area contributed by atoms with Crippen molar-refractivity contribution in [2.24, 2.45) is 5.16 Å². The summed E-state index contributed by atoms with van der Waals surface area (Å²) in [5, 5.41) is 11.5. The van der Waals surface area contributed by atoms with E-state index < -0.39 is 5.83 Å². The predicted octanol–water partition coefficient (Wildman–Crippen LogP) is 2.12. The molecule has 2 rings (SSSR count). The number of oxime groups is 1. The molecule has 0 aromatic carbocycles. The Hall–Kier alpha value is -1.45. The van der Waals surface area contributed by atoms with E-state index in [0.29, 0.717) is 19.3 Å². The van der Waals surface area contributed by atoms with Crippen LogP contribution in [0, 0.1) is 0 Å². The Morgan fingerprint density at radius 2 is 2.14 bits per heavy atom. The minimum Gasteiger partial charge on any atom is -0.410 e. The first-order chi connectivity index (χ1) is 6.74. The third kappa shape index (κ3) is 1.27. The van der Waals surface area contributed by atoms with Gasteiger partial charge in [-0.15, -0.1) is 0 Å². The molecular weight excluding hydrogens is 185 g/mol. The van der Waals surface area contributed by atoms with E-state index >= 15 is 0 Å². The number of nitrogens with zero attached hydrogens (tertiary/aromatic N) is 1. The van der Waals surface area contributed by atoms with Gasteiger partial charge >= 0.3 is 0 Å². The Morgan fingerprint density at radius 3 is 2.86 bits per heavy atom. The fraction of sp³-hybridized carbons (Fsp3) is 0.400. The summed E-state index contributed by atoms with van der Waals surface area (Å²) in [5.74, 6) is -0.705. The van der Waals surface area contributed by atoms with Crippen LogP contribution in [-0.2, 0) is 4.79 Å². The molecule has 2 aliphatic rings. The second-order valence-corrected chi connectivity index (χ2v) is 3.44. The van der Waals surface area contributed by atoms with Crippen molar-refractivity contribution in [2.45, 2.75) is 25.7 Å². The lowest BCUT2D eigenvalue weighted by molar-refractivity contribution is -0.113. The summed E-state index contributed by atoms with van der Waals surface area (Å²) < 4.78 is 13.4. The van der Waals surface area contributed by atoms with Crippen molar-refractivity contribution in [2.75, 3.05) is 0 Å². The maximum Gasteiger partial charge on any atom is 0.185 e. The Kier molecular flexibility index (Phi) is 2.19. The molecule has 0 aromatic heterocycles. The molecule has 74 valence electrons. The highest BCUT2D eigenvalue weighted by Crippen LogP contribution is 2.33. The number of hydrogen-bond acceptors (Lipinski definition) is 3. The van der Waals surface area contributed by atoms with Gasteiger partial charge in [0.05, 0.1) is 0 Å². The summed E-state index contributed by atoms with van der Waals surface area (Å²) in [6.07, 6.45) is 3.77. The monoisotopic (exact) mass is 195 g/mol. The molecular formula is C10H10FNO2. The Balaban J connectivity index is 2.51. The van der Waals surface area contributed by atoms with E-state index in [9.17, 15) is 9.18 Å². The van der Waals surface area contributed by atoms with Gasteiger partial charge in [-0.3, -0.25) is 4.79 Å². The molecule has 0 unspecified atom stereocenters. The molecule has 14 heavy (non-hydrogen) atoms. The molecule has 0 aromatic rings. The van der Waals surface area contributed by atoms with E-state index in [-0.39, 0.29) is 17.1 Å². The highest BCUT2D eigenvalue weighted by molar-refractivity contribution is 6.47. The first-order valence-corrected chi connectivity index (χ1v) is 4.57. The van der Waals surface area contributed by atoms with Crippen LogP contribution in [0.25, 0.3) is 0 Å². The lowest BCUT2D eigenvalue weighted by Gasteiger charge is -2.21. The zero-order valence-corrected chi connectivity index (χ0v) is 7.59. The lowest BCUT2D eigenvalue weighted by Crippen LogP contribution is -2.24. The zero-order valence-electron chi connectivity index (χ0n) is 7.59. The van der Waals surface area contributed by atoms with E-state index in [2.05, 4.69) is 5.16 Å². The van der Waals surface area contributed by atoms with E-state index in [1.165, 1.54) is 6.08 Å². The van der Waals surface area contributed by atoms with Crippen molar-refractivity contribution in [1.29, 1.82) is 0 Å². The fourth-order valence-corrected chi connectivity index (χ4v) is 1.93. The number of hydrogen-bond donors (Lipinski definition) is 1.